The molecule has 5 heteroatoms. The SMILES string of the molecule is CC(NC(=O)c1ccc2c(c1)CCCS2(=O)=O)c1ccccc1. The Hall–Kier alpha value is -2.14. The standard InChI is InChI=1S/C18H19NO3S/c1-13(14-6-3-2-4-7-14)19-18(20)16-9-10-17-15(12-16)8-5-11-23(17,21)22/h2-4,6-7,9-10,12-13H,5,8,11H2,1H3,(H,19,20). The molecule has 1 aliphatic heterocycles. The number of hydrogen-bond acceptors (Lipinski definition) is 3. The first-order valence-corrected chi connectivity index (χ1v) is 9.34. The van der Waals surface area contributed by atoms with Crippen molar-refractivity contribution in [3.05, 3.63) is 65.2 Å². The molecule has 0 aromatic heterocycles. The molecule has 0 saturated carbocycles. The van der Waals surface area contributed by atoms with Crippen LogP contribution in [0.2, 0.25) is 0 Å². The van der Waals surface area contributed by atoms with E-state index in [9.17, 15) is 13.2 Å². The number of rotatable bonds is 3. The average Bonchev–Trinajstić information content (AvgIpc) is 2.55. The van der Waals surface area contributed by atoms with Gasteiger partial charge in [-0.05, 0) is 49.1 Å². The van der Waals surface area contributed by atoms with Gasteiger partial charge in [0.25, 0.3) is 5.91 Å². The average molecular weight is 329 g/mol. The first-order valence-electron chi connectivity index (χ1n) is 7.69. The summed E-state index contributed by atoms with van der Waals surface area (Å²) in [5.41, 5.74) is 2.28. The van der Waals surface area contributed by atoms with E-state index in [-0.39, 0.29) is 17.7 Å². The quantitative estimate of drug-likeness (QED) is 0.942. The van der Waals surface area contributed by atoms with Crippen molar-refractivity contribution in [3.8, 4) is 0 Å². The Labute approximate surface area is 136 Å². The molecule has 4 nitrogen and oxygen atoms in total. The zero-order valence-corrected chi connectivity index (χ0v) is 13.8. The molecule has 2 aromatic carbocycles. The number of sulfone groups is 1. The molecular weight excluding hydrogens is 310 g/mol. The Morgan fingerprint density at radius 3 is 2.61 bits per heavy atom. The van der Waals surface area contributed by atoms with Crippen LogP contribution in [0.4, 0.5) is 0 Å². The number of amides is 1. The number of carbonyl (C=O) groups excluding carboxylic acids is 1. The number of benzene rings is 2. The highest BCUT2D eigenvalue weighted by atomic mass is 32.2. The minimum absolute atomic E-state index is 0.108. The van der Waals surface area contributed by atoms with Crippen LogP contribution in [0.15, 0.2) is 53.4 Å². The third-order valence-electron chi connectivity index (χ3n) is 4.16. The fourth-order valence-corrected chi connectivity index (χ4v) is 4.47. The topological polar surface area (TPSA) is 63.2 Å². The van der Waals surface area contributed by atoms with E-state index >= 15 is 0 Å². The second-order valence-corrected chi connectivity index (χ2v) is 7.93. The maximum Gasteiger partial charge on any atom is 0.251 e. The van der Waals surface area contributed by atoms with Crippen LogP contribution in [-0.2, 0) is 16.3 Å². The van der Waals surface area contributed by atoms with E-state index in [0.717, 1.165) is 11.1 Å². The molecule has 0 spiro atoms. The fourth-order valence-electron chi connectivity index (χ4n) is 2.89. The van der Waals surface area contributed by atoms with Gasteiger partial charge >= 0.3 is 0 Å². The first kappa shape index (κ1) is 15.7. The molecule has 0 aliphatic carbocycles. The van der Waals surface area contributed by atoms with Crippen LogP contribution in [0.5, 0.6) is 0 Å². The highest BCUT2D eigenvalue weighted by Gasteiger charge is 2.24. The second-order valence-electron chi connectivity index (χ2n) is 5.85. The van der Waals surface area contributed by atoms with E-state index in [0.29, 0.717) is 23.3 Å². The molecule has 23 heavy (non-hydrogen) atoms. The van der Waals surface area contributed by atoms with Crippen LogP contribution in [0.3, 0.4) is 0 Å². The molecule has 1 atom stereocenters. The molecule has 3 rings (SSSR count). The van der Waals surface area contributed by atoms with Gasteiger partial charge in [0.1, 0.15) is 0 Å². The van der Waals surface area contributed by atoms with Crippen LogP contribution < -0.4 is 5.32 Å². The second kappa shape index (κ2) is 6.16. The lowest BCUT2D eigenvalue weighted by atomic mass is 10.0. The number of aryl methyl sites for hydroxylation is 1. The summed E-state index contributed by atoms with van der Waals surface area (Å²) in [6.45, 7) is 1.93. The smallest absolute Gasteiger partial charge is 0.251 e. The van der Waals surface area contributed by atoms with E-state index in [1.165, 1.54) is 0 Å². The van der Waals surface area contributed by atoms with E-state index < -0.39 is 9.84 Å². The monoisotopic (exact) mass is 329 g/mol. The van der Waals surface area contributed by atoms with Crippen molar-refractivity contribution in [2.24, 2.45) is 0 Å². The van der Waals surface area contributed by atoms with Gasteiger partial charge < -0.3 is 5.32 Å². The van der Waals surface area contributed by atoms with Crippen molar-refractivity contribution in [3.63, 3.8) is 0 Å². The Morgan fingerprint density at radius 2 is 1.87 bits per heavy atom. The van der Waals surface area contributed by atoms with Gasteiger partial charge in [-0.3, -0.25) is 4.79 Å². The van der Waals surface area contributed by atoms with Gasteiger partial charge in [-0.25, -0.2) is 8.42 Å². The van der Waals surface area contributed by atoms with E-state index in [2.05, 4.69) is 5.32 Å². The molecule has 1 heterocycles. The molecule has 1 unspecified atom stereocenters. The van der Waals surface area contributed by atoms with Gasteiger partial charge in [0.2, 0.25) is 0 Å². The van der Waals surface area contributed by atoms with Crippen molar-refractivity contribution in [2.45, 2.75) is 30.7 Å². The third kappa shape index (κ3) is 3.29. The Morgan fingerprint density at radius 1 is 1.13 bits per heavy atom. The molecule has 0 fully saturated rings. The maximum absolute atomic E-state index is 12.4. The van der Waals surface area contributed by atoms with Gasteiger partial charge in [0, 0.05) is 5.56 Å². The molecule has 0 bridgehead atoms. The van der Waals surface area contributed by atoms with Gasteiger partial charge in [0.15, 0.2) is 9.84 Å². The van der Waals surface area contributed by atoms with Crippen LogP contribution in [0.1, 0.15) is 40.9 Å². The molecule has 120 valence electrons. The number of fused-ring (bicyclic) bond motifs is 1. The summed E-state index contributed by atoms with van der Waals surface area (Å²) in [7, 11) is -3.18. The molecule has 1 aliphatic rings. The van der Waals surface area contributed by atoms with Gasteiger partial charge in [-0.2, -0.15) is 0 Å². The Balaban J connectivity index is 1.81. The number of nitrogens with one attached hydrogen (secondary N) is 1. The van der Waals surface area contributed by atoms with E-state index in [1.807, 2.05) is 37.3 Å². The zero-order chi connectivity index (χ0) is 16.4. The van der Waals surface area contributed by atoms with Crippen molar-refractivity contribution < 1.29 is 13.2 Å². The molecule has 1 amide bonds. The third-order valence-corrected chi connectivity index (χ3v) is 6.06. The highest BCUT2D eigenvalue weighted by molar-refractivity contribution is 7.91. The summed E-state index contributed by atoms with van der Waals surface area (Å²) in [5, 5.41) is 2.95. The van der Waals surface area contributed by atoms with E-state index in [1.54, 1.807) is 18.2 Å². The predicted molar refractivity (Wildman–Crippen MR) is 89.1 cm³/mol. The molecule has 0 saturated heterocycles. The van der Waals surface area contributed by atoms with Gasteiger partial charge in [-0.15, -0.1) is 0 Å². The zero-order valence-electron chi connectivity index (χ0n) is 13.0. The summed E-state index contributed by atoms with van der Waals surface area (Å²) in [4.78, 5) is 12.8. The van der Waals surface area contributed by atoms with Crippen LogP contribution >= 0.6 is 0 Å². The predicted octanol–water partition coefficient (Wildman–Crippen LogP) is 2.90. The summed E-state index contributed by atoms with van der Waals surface area (Å²) in [5.74, 6) is 0.00321. The normalized spacial score (nSPS) is 17.1. The minimum atomic E-state index is -3.18. The lowest BCUT2D eigenvalue weighted by Gasteiger charge is -2.18. The number of hydrogen-bond donors (Lipinski definition) is 1. The first-order chi connectivity index (χ1) is 11.0. The van der Waals surface area contributed by atoms with E-state index in [4.69, 9.17) is 0 Å². The number of carbonyl (C=O) groups is 1. The van der Waals surface area contributed by atoms with Crippen LogP contribution in [0.25, 0.3) is 0 Å². The Bertz CT molecular complexity index is 829. The maximum atomic E-state index is 12.4. The van der Waals surface area contributed by atoms with Crippen LogP contribution in [-0.4, -0.2) is 20.1 Å². The lowest BCUT2D eigenvalue weighted by Crippen LogP contribution is -2.27. The fraction of sp³-hybridized carbons (Fsp3) is 0.278. The van der Waals surface area contributed by atoms with Gasteiger partial charge in [-0.1, -0.05) is 30.3 Å². The summed E-state index contributed by atoms with van der Waals surface area (Å²) < 4.78 is 24.0. The lowest BCUT2D eigenvalue weighted by molar-refractivity contribution is 0.0939. The van der Waals surface area contributed by atoms with Crippen molar-refractivity contribution in [1.29, 1.82) is 0 Å². The molecular formula is C18H19NO3S. The summed E-state index contributed by atoms with van der Waals surface area (Å²) in [6.07, 6.45) is 1.31. The minimum Gasteiger partial charge on any atom is -0.346 e. The van der Waals surface area contributed by atoms with Crippen molar-refractivity contribution in [1.82, 2.24) is 5.32 Å². The largest absolute Gasteiger partial charge is 0.346 e. The van der Waals surface area contributed by atoms with Crippen molar-refractivity contribution >= 4 is 15.7 Å². The molecule has 2 aromatic rings. The molecule has 1 N–H and O–H groups in total. The molecule has 0 radical (unpaired) electrons. The Kier molecular flexibility index (Phi) is 4.22. The summed E-state index contributed by atoms with van der Waals surface area (Å²) in [6, 6.07) is 14.5. The highest BCUT2D eigenvalue weighted by Crippen LogP contribution is 2.26. The van der Waals surface area contributed by atoms with Crippen molar-refractivity contribution in [2.75, 3.05) is 5.75 Å². The van der Waals surface area contributed by atoms with Gasteiger partial charge in [0.05, 0.1) is 16.7 Å². The summed E-state index contributed by atoms with van der Waals surface area (Å²) >= 11 is 0. The van der Waals surface area contributed by atoms with Crippen LogP contribution in [0, 0.1) is 0 Å².